The van der Waals surface area contributed by atoms with Gasteiger partial charge in [-0.05, 0) is 60.2 Å². The molecule has 1 aliphatic heterocycles. The van der Waals surface area contributed by atoms with Gasteiger partial charge < -0.3 is 15.0 Å². The molecule has 0 aliphatic carbocycles. The zero-order valence-corrected chi connectivity index (χ0v) is 20.6. The van der Waals surface area contributed by atoms with Crippen LogP contribution in [0.2, 0.25) is 0 Å². The maximum atomic E-state index is 6.29. The summed E-state index contributed by atoms with van der Waals surface area (Å²) in [7, 11) is 0. The van der Waals surface area contributed by atoms with Crippen molar-refractivity contribution in [3.63, 3.8) is 0 Å². The number of anilines is 1. The zero-order valence-electron chi connectivity index (χ0n) is 19.8. The van der Waals surface area contributed by atoms with E-state index >= 15 is 0 Å². The minimum Gasteiger partial charge on any atom is -0.454 e. The summed E-state index contributed by atoms with van der Waals surface area (Å²) >= 11 is 1.21. The van der Waals surface area contributed by atoms with E-state index in [1.54, 1.807) is 0 Å². The van der Waals surface area contributed by atoms with Crippen LogP contribution in [-0.4, -0.2) is 24.5 Å². The van der Waals surface area contributed by atoms with E-state index < -0.39 is 0 Å². The minimum atomic E-state index is 0.760. The van der Waals surface area contributed by atoms with Gasteiger partial charge in [-0.2, -0.15) is 0 Å². The highest BCUT2D eigenvalue weighted by atomic mass is 32.2. The topological polar surface area (TPSA) is 50.5 Å². The Bertz CT molecular complexity index is 1130. The van der Waals surface area contributed by atoms with Crippen LogP contribution in [-0.2, 0) is 0 Å². The van der Waals surface area contributed by atoms with Gasteiger partial charge in [-0.15, -0.1) is 0 Å². The smallest absolute Gasteiger partial charge is 0.165 e. The molecule has 3 aromatic carbocycles. The van der Waals surface area contributed by atoms with Crippen molar-refractivity contribution in [2.45, 2.75) is 31.1 Å². The zero-order chi connectivity index (χ0) is 23.8. The van der Waals surface area contributed by atoms with E-state index in [0.29, 0.717) is 0 Å². The van der Waals surface area contributed by atoms with Crippen molar-refractivity contribution in [2.24, 2.45) is 5.14 Å². The highest BCUT2D eigenvalue weighted by Crippen LogP contribution is 2.41. The van der Waals surface area contributed by atoms with Gasteiger partial charge >= 0.3 is 0 Å². The molecule has 0 aromatic heterocycles. The SMILES string of the molecule is C=C(c1cc(NCCCC)c(Oc2ccccc2)c(SN)c1)N1CC=C(c2ccccc2)CC1. The van der Waals surface area contributed by atoms with Crippen LogP contribution in [0.3, 0.4) is 0 Å². The van der Waals surface area contributed by atoms with Crippen molar-refractivity contribution >= 4 is 28.9 Å². The molecule has 4 nitrogen and oxygen atoms in total. The number of unbranched alkanes of at least 4 members (excludes halogenated alkanes) is 1. The Kier molecular flexibility index (Phi) is 8.34. The number of nitrogens with one attached hydrogen (secondary N) is 1. The summed E-state index contributed by atoms with van der Waals surface area (Å²) in [6.45, 7) is 9.29. The molecule has 0 saturated heterocycles. The third-order valence-corrected chi connectivity index (χ3v) is 6.62. The Balaban J connectivity index is 1.59. The molecule has 0 amide bonds. The molecule has 0 bridgehead atoms. The van der Waals surface area contributed by atoms with Crippen LogP contribution in [0.4, 0.5) is 5.69 Å². The van der Waals surface area contributed by atoms with Crippen LogP contribution >= 0.6 is 11.9 Å². The lowest BCUT2D eigenvalue weighted by molar-refractivity contribution is 0.437. The second kappa shape index (κ2) is 11.8. The quantitative estimate of drug-likeness (QED) is 0.238. The minimum absolute atomic E-state index is 0.760. The Labute approximate surface area is 207 Å². The molecule has 0 radical (unpaired) electrons. The first-order valence-electron chi connectivity index (χ1n) is 11.9. The number of nitrogens with zero attached hydrogens (tertiary/aromatic N) is 1. The highest BCUT2D eigenvalue weighted by Gasteiger charge is 2.19. The lowest BCUT2D eigenvalue weighted by Crippen LogP contribution is -2.26. The number of rotatable bonds is 10. The standard InChI is InChI=1S/C29H33N3OS/c1-3-4-17-31-27-20-25(21-28(34-30)29(27)33-26-13-9-6-10-14-26)22(2)32-18-15-24(16-19-32)23-11-7-5-8-12-23/h5-15,20-21,31H,2-4,16-19,30H2,1H3. The molecule has 3 aromatic rings. The number of para-hydroxylation sites is 1. The summed E-state index contributed by atoms with van der Waals surface area (Å²) in [5, 5.41) is 9.68. The fraction of sp³-hybridized carbons (Fsp3) is 0.241. The Hall–Kier alpha value is -3.15. The third kappa shape index (κ3) is 5.85. The average Bonchev–Trinajstić information content (AvgIpc) is 2.90. The molecule has 176 valence electrons. The number of hydrogen-bond acceptors (Lipinski definition) is 5. The van der Waals surface area contributed by atoms with Crippen LogP contribution in [0.15, 0.2) is 90.3 Å². The first-order valence-corrected chi connectivity index (χ1v) is 12.8. The second-order valence-electron chi connectivity index (χ2n) is 8.40. The predicted octanol–water partition coefficient (Wildman–Crippen LogP) is 7.42. The second-order valence-corrected chi connectivity index (χ2v) is 9.08. The van der Waals surface area contributed by atoms with Crippen LogP contribution in [0, 0.1) is 0 Å². The van der Waals surface area contributed by atoms with E-state index in [2.05, 4.69) is 72.3 Å². The molecule has 0 saturated carbocycles. The van der Waals surface area contributed by atoms with Gasteiger partial charge in [0.2, 0.25) is 0 Å². The van der Waals surface area contributed by atoms with E-state index in [1.807, 2.05) is 30.3 Å². The molecule has 0 unspecified atom stereocenters. The van der Waals surface area contributed by atoms with Crippen LogP contribution in [0.1, 0.15) is 37.3 Å². The van der Waals surface area contributed by atoms with E-state index in [0.717, 1.165) is 72.2 Å². The molecule has 0 atom stereocenters. The van der Waals surface area contributed by atoms with E-state index in [9.17, 15) is 0 Å². The summed E-state index contributed by atoms with van der Waals surface area (Å²) < 4.78 is 6.29. The van der Waals surface area contributed by atoms with Gasteiger partial charge in [-0.1, -0.05) is 74.5 Å². The molecule has 1 heterocycles. The van der Waals surface area contributed by atoms with Crippen molar-refractivity contribution in [3.05, 3.63) is 96.6 Å². The molecule has 3 N–H and O–H groups in total. The molecular weight excluding hydrogens is 438 g/mol. The molecule has 4 rings (SSSR count). The van der Waals surface area contributed by atoms with Gasteiger partial charge in [0, 0.05) is 30.9 Å². The molecule has 0 fully saturated rings. The number of benzene rings is 3. The molecule has 1 aliphatic rings. The molecular formula is C29H33N3OS. The van der Waals surface area contributed by atoms with Crippen LogP contribution in [0.5, 0.6) is 11.5 Å². The third-order valence-electron chi connectivity index (χ3n) is 6.06. The molecule has 0 spiro atoms. The maximum Gasteiger partial charge on any atom is 0.165 e. The van der Waals surface area contributed by atoms with Gasteiger partial charge in [0.1, 0.15) is 5.75 Å². The lowest BCUT2D eigenvalue weighted by Gasteiger charge is -2.31. The van der Waals surface area contributed by atoms with Gasteiger partial charge in [0.05, 0.1) is 10.6 Å². The van der Waals surface area contributed by atoms with Crippen LogP contribution in [0.25, 0.3) is 11.3 Å². The summed E-state index contributed by atoms with van der Waals surface area (Å²) in [6.07, 6.45) is 5.52. The van der Waals surface area contributed by atoms with Crippen molar-refractivity contribution in [1.29, 1.82) is 0 Å². The Morgan fingerprint density at radius 2 is 1.82 bits per heavy atom. The first-order chi connectivity index (χ1) is 16.7. The largest absolute Gasteiger partial charge is 0.454 e. The van der Waals surface area contributed by atoms with Crippen molar-refractivity contribution in [2.75, 3.05) is 25.0 Å². The number of hydrogen-bond donors (Lipinski definition) is 2. The van der Waals surface area contributed by atoms with Gasteiger partial charge in [0.25, 0.3) is 0 Å². The van der Waals surface area contributed by atoms with Gasteiger partial charge in [0.15, 0.2) is 5.75 Å². The fourth-order valence-electron chi connectivity index (χ4n) is 4.11. The van der Waals surface area contributed by atoms with E-state index in [1.165, 1.54) is 23.1 Å². The highest BCUT2D eigenvalue weighted by molar-refractivity contribution is 7.97. The average molecular weight is 472 g/mol. The molecule has 34 heavy (non-hydrogen) atoms. The van der Waals surface area contributed by atoms with Crippen molar-refractivity contribution < 1.29 is 4.74 Å². The monoisotopic (exact) mass is 471 g/mol. The summed E-state index contributed by atoms with van der Waals surface area (Å²) in [6, 6.07) is 24.7. The number of ether oxygens (including phenoxy) is 1. The lowest BCUT2D eigenvalue weighted by atomic mass is 9.98. The maximum absolute atomic E-state index is 6.29. The van der Waals surface area contributed by atoms with E-state index in [4.69, 9.17) is 9.88 Å². The predicted molar refractivity (Wildman–Crippen MR) is 146 cm³/mol. The Morgan fingerprint density at radius 3 is 2.47 bits per heavy atom. The molecule has 5 heteroatoms. The summed E-state index contributed by atoms with van der Waals surface area (Å²) in [5.41, 5.74) is 5.71. The number of nitrogens with two attached hydrogens (primary N) is 1. The van der Waals surface area contributed by atoms with Crippen molar-refractivity contribution in [1.82, 2.24) is 4.90 Å². The van der Waals surface area contributed by atoms with Gasteiger partial charge in [-0.25, -0.2) is 0 Å². The van der Waals surface area contributed by atoms with Crippen LogP contribution < -0.4 is 15.2 Å². The first kappa shape index (κ1) is 24.0. The Morgan fingerprint density at radius 1 is 1.09 bits per heavy atom. The van der Waals surface area contributed by atoms with Gasteiger partial charge in [-0.3, -0.25) is 5.14 Å². The fourth-order valence-corrected chi connectivity index (χ4v) is 4.56. The van der Waals surface area contributed by atoms with Crippen molar-refractivity contribution in [3.8, 4) is 11.5 Å². The summed E-state index contributed by atoms with van der Waals surface area (Å²) in [4.78, 5) is 3.22. The normalized spacial score (nSPS) is 13.4. The summed E-state index contributed by atoms with van der Waals surface area (Å²) in [5.74, 6) is 1.55. The van der Waals surface area contributed by atoms with E-state index in [-0.39, 0.29) is 0 Å².